The van der Waals surface area contributed by atoms with Crippen LogP contribution in [0.1, 0.15) is 18.4 Å². The molecular weight excluding hydrogens is 272 g/mol. The zero-order valence-electron chi connectivity index (χ0n) is 11.4. The van der Waals surface area contributed by atoms with E-state index in [1.807, 2.05) is 19.1 Å². The minimum absolute atomic E-state index is 0.219. The van der Waals surface area contributed by atoms with Crippen LogP contribution in [0.2, 0.25) is 0 Å². The molecule has 0 aromatic heterocycles. The summed E-state index contributed by atoms with van der Waals surface area (Å²) in [6.45, 7) is 1.93. The Balaban J connectivity index is 1.73. The lowest BCUT2D eigenvalue weighted by Gasteiger charge is -2.12. The van der Waals surface area contributed by atoms with E-state index in [1.54, 1.807) is 24.3 Å². The van der Waals surface area contributed by atoms with Gasteiger partial charge in [0.05, 0.1) is 11.0 Å². The summed E-state index contributed by atoms with van der Waals surface area (Å²) in [5.74, 6) is 0.830. The molecule has 3 rings (SSSR count). The highest BCUT2D eigenvalue weighted by molar-refractivity contribution is 7.86. The zero-order chi connectivity index (χ0) is 14.2. The summed E-state index contributed by atoms with van der Waals surface area (Å²) in [4.78, 5) is 0.240. The van der Waals surface area contributed by atoms with Gasteiger partial charge in [-0.25, -0.2) is 0 Å². The van der Waals surface area contributed by atoms with Crippen LogP contribution in [-0.2, 0) is 14.3 Å². The van der Waals surface area contributed by atoms with Gasteiger partial charge < -0.3 is 0 Å². The topological polar surface area (TPSA) is 43.4 Å². The van der Waals surface area contributed by atoms with Crippen molar-refractivity contribution in [1.29, 1.82) is 0 Å². The molecule has 0 radical (unpaired) electrons. The van der Waals surface area contributed by atoms with Crippen molar-refractivity contribution < 1.29 is 12.6 Å². The second-order valence-corrected chi connectivity index (χ2v) is 7.13. The number of rotatable bonds is 3. The molecule has 2 atom stereocenters. The van der Waals surface area contributed by atoms with E-state index in [2.05, 4.69) is 12.2 Å². The molecule has 1 aromatic rings. The SMILES string of the molecule is Cc1ccc(S(=O)(=O)OC2CC3C=CC=CC3C2)cc1. The van der Waals surface area contributed by atoms with Gasteiger partial charge in [-0.1, -0.05) is 42.0 Å². The fraction of sp³-hybridized carbons (Fsp3) is 0.375. The van der Waals surface area contributed by atoms with Crippen LogP contribution in [0.5, 0.6) is 0 Å². The molecule has 1 aromatic carbocycles. The molecule has 0 N–H and O–H groups in total. The molecule has 1 fully saturated rings. The van der Waals surface area contributed by atoms with Crippen molar-refractivity contribution in [2.24, 2.45) is 11.8 Å². The summed E-state index contributed by atoms with van der Waals surface area (Å²) < 4.78 is 29.9. The standard InChI is InChI=1S/C16H18O3S/c1-12-6-8-16(9-7-12)20(17,18)19-15-10-13-4-2-3-5-14(13)11-15/h2-9,13-15H,10-11H2,1H3. The Labute approximate surface area is 120 Å². The summed E-state index contributed by atoms with van der Waals surface area (Å²) >= 11 is 0. The van der Waals surface area contributed by atoms with E-state index in [1.165, 1.54) is 0 Å². The maximum absolute atomic E-state index is 12.2. The Morgan fingerprint density at radius 2 is 1.55 bits per heavy atom. The molecule has 3 nitrogen and oxygen atoms in total. The van der Waals surface area contributed by atoms with E-state index < -0.39 is 10.1 Å². The average molecular weight is 290 g/mol. The average Bonchev–Trinajstić information content (AvgIpc) is 2.80. The molecule has 1 saturated carbocycles. The van der Waals surface area contributed by atoms with Gasteiger partial charge in [0.15, 0.2) is 0 Å². The quantitative estimate of drug-likeness (QED) is 0.803. The predicted octanol–water partition coefficient (Wildman–Crippen LogP) is 3.22. The van der Waals surface area contributed by atoms with Crippen LogP contribution < -0.4 is 0 Å². The van der Waals surface area contributed by atoms with Crippen LogP contribution in [-0.4, -0.2) is 14.5 Å². The molecule has 2 aliphatic rings. The number of allylic oxidation sites excluding steroid dienone is 4. The van der Waals surface area contributed by atoms with E-state index in [9.17, 15) is 8.42 Å². The molecular formula is C16H18O3S. The van der Waals surface area contributed by atoms with Gasteiger partial charge in [-0.05, 0) is 43.7 Å². The number of hydrogen-bond donors (Lipinski definition) is 0. The molecule has 2 aliphatic carbocycles. The van der Waals surface area contributed by atoms with E-state index in [-0.39, 0.29) is 11.0 Å². The van der Waals surface area contributed by atoms with Crippen molar-refractivity contribution in [2.45, 2.75) is 30.8 Å². The molecule has 106 valence electrons. The number of aryl methyl sites for hydroxylation is 1. The summed E-state index contributed by atoms with van der Waals surface area (Å²) in [5, 5.41) is 0. The van der Waals surface area contributed by atoms with Gasteiger partial charge in [0, 0.05) is 0 Å². The molecule has 2 unspecified atom stereocenters. The van der Waals surface area contributed by atoms with Gasteiger partial charge in [-0.15, -0.1) is 0 Å². The molecule has 4 heteroatoms. The van der Waals surface area contributed by atoms with Crippen molar-refractivity contribution in [3.63, 3.8) is 0 Å². The van der Waals surface area contributed by atoms with E-state index in [0.29, 0.717) is 11.8 Å². The van der Waals surface area contributed by atoms with Crippen molar-refractivity contribution in [1.82, 2.24) is 0 Å². The van der Waals surface area contributed by atoms with Crippen LogP contribution in [0, 0.1) is 18.8 Å². The second kappa shape index (κ2) is 5.19. The first kappa shape index (κ1) is 13.6. The highest BCUT2D eigenvalue weighted by Crippen LogP contribution is 2.38. The molecule has 0 aliphatic heterocycles. The minimum Gasteiger partial charge on any atom is -0.263 e. The fourth-order valence-electron chi connectivity index (χ4n) is 2.93. The van der Waals surface area contributed by atoms with E-state index >= 15 is 0 Å². The van der Waals surface area contributed by atoms with Crippen LogP contribution >= 0.6 is 0 Å². The highest BCUT2D eigenvalue weighted by atomic mass is 32.2. The predicted molar refractivity (Wildman–Crippen MR) is 77.7 cm³/mol. The largest absolute Gasteiger partial charge is 0.297 e. The van der Waals surface area contributed by atoms with Gasteiger partial charge >= 0.3 is 0 Å². The van der Waals surface area contributed by atoms with E-state index in [0.717, 1.165) is 18.4 Å². The Morgan fingerprint density at radius 3 is 2.10 bits per heavy atom. The summed E-state index contributed by atoms with van der Waals surface area (Å²) in [6.07, 6.45) is 9.67. The molecule has 0 heterocycles. The summed E-state index contributed by atoms with van der Waals surface area (Å²) in [5.41, 5.74) is 1.03. The minimum atomic E-state index is -3.65. The molecule has 0 spiro atoms. The van der Waals surface area contributed by atoms with Crippen LogP contribution in [0.15, 0.2) is 53.5 Å². The van der Waals surface area contributed by atoms with Crippen molar-refractivity contribution in [3.05, 3.63) is 54.1 Å². The Kier molecular flexibility index (Phi) is 3.52. The lowest BCUT2D eigenvalue weighted by Crippen LogP contribution is -2.16. The van der Waals surface area contributed by atoms with Gasteiger partial charge in [-0.3, -0.25) is 4.18 Å². The normalized spacial score (nSPS) is 28.6. The zero-order valence-corrected chi connectivity index (χ0v) is 12.2. The first-order valence-electron chi connectivity index (χ1n) is 6.89. The number of benzene rings is 1. The van der Waals surface area contributed by atoms with Crippen molar-refractivity contribution in [3.8, 4) is 0 Å². The molecule has 0 amide bonds. The summed E-state index contributed by atoms with van der Waals surface area (Å²) in [7, 11) is -3.65. The third-order valence-corrected chi connectivity index (χ3v) is 5.40. The third kappa shape index (κ3) is 2.72. The van der Waals surface area contributed by atoms with Gasteiger partial charge in [0.1, 0.15) is 0 Å². The van der Waals surface area contributed by atoms with Gasteiger partial charge in [0.25, 0.3) is 10.1 Å². The second-order valence-electron chi connectivity index (χ2n) is 5.55. The van der Waals surface area contributed by atoms with Gasteiger partial charge in [0.2, 0.25) is 0 Å². The number of fused-ring (bicyclic) bond motifs is 1. The Morgan fingerprint density at radius 1 is 1.00 bits per heavy atom. The monoisotopic (exact) mass is 290 g/mol. The van der Waals surface area contributed by atoms with Crippen molar-refractivity contribution in [2.75, 3.05) is 0 Å². The van der Waals surface area contributed by atoms with Crippen molar-refractivity contribution >= 4 is 10.1 Å². The lowest BCUT2D eigenvalue weighted by molar-refractivity contribution is 0.212. The maximum atomic E-state index is 12.2. The van der Waals surface area contributed by atoms with Crippen LogP contribution in [0.3, 0.4) is 0 Å². The maximum Gasteiger partial charge on any atom is 0.297 e. The molecule has 0 bridgehead atoms. The first-order chi connectivity index (χ1) is 9.54. The van der Waals surface area contributed by atoms with Gasteiger partial charge in [-0.2, -0.15) is 8.42 Å². The van der Waals surface area contributed by atoms with E-state index in [4.69, 9.17) is 4.18 Å². The molecule has 0 saturated heterocycles. The molecule has 20 heavy (non-hydrogen) atoms. The highest BCUT2D eigenvalue weighted by Gasteiger charge is 2.35. The fourth-order valence-corrected chi connectivity index (χ4v) is 4.02. The Hall–Kier alpha value is -1.39. The summed E-state index contributed by atoms with van der Waals surface area (Å²) in [6, 6.07) is 6.78. The van der Waals surface area contributed by atoms with Crippen LogP contribution in [0.4, 0.5) is 0 Å². The lowest BCUT2D eigenvalue weighted by atomic mass is 9.92. The smallest absolute Gasteiger partial charge is 0.263 e. The Bertz CT molecular complexity index is 621. The third-order valence-electron chi connectivity index (χ3n) is 4.02. The van der Waals surface area contributed by atoms with Crippen LogP contribution in [0.25, 0.3) is 0 Å². The number of hydrogen-bond acceptors (Lipinski definition) is 3. The first-order valence-corrected chi connectivity index (χ1v) is 8.30.